The topological polar surface area (TPSA) is 64.5 Å². The number of rotatable bonds is 4. The van der Waals surface area contributed by atoms with E-state index in [0.29, 0.717) is 0 Å². The Morgan fingerprint density at radius 3 is 2.00 bits per heavy atom. The monoisotopic (exact) mass is 148 g/mol. The fraction of sp³-hybridized carbons (Fsp3) is 1.00. The number of nitrogens with one attached hydrogen (secondary N) is 2. The summed E-state index contributed by atoms with van der Waals surface area (Å²) in [7, 11) is 0. The minimum absolute atomic E-state index is 0.141. The molecule has 0 radical (unpaired) electrons. The Morgan fingerprint density at radius 2 is 1.90 bits per heavy atom. The molecule has 0 aliphatic heterocycles. The molecule has 0 bridgehead atoms. The van der Waals surface area contributed by atoms with Crippen LogP contribution in [-0.4, -0.2) is 22.0 Å². The van der Waals surface area contributed by atoms with E-state index in [9.17, 15) is 0 Å². The number of hydrogen-bond donors (Lipinski definition) is 4. The quantitative estimate of drug-likeness (QED) is 0.438. The van der Waals surface area contributed by atoms with Crippen molar-refractivity contribution in [1.82, 2.24) is 11.0 Å². The van der Waals surface area contributed by atoms with Crippen LogP contribution in [0.15, 0.2) is 0 Å². The predicted molar refractivity (Wildman–Crippen MR) is 38.0 cm³/mol. The van der Waals surface area contributed by atoms with E-state index in [2.05, 4.69) is 11.0 Å². The van der Waals surface area contributed by atoms with E-state index in [-0.39, 0.29) is 6.04 Å². The second-order valence-corrected chi connectivity index (χ2v) is 2.92. The summed E-state index contributed by atoms with van der Waals surface area (Å²) in [5.41, 5.74) is 3.74. The van der Waals surface area contributed by atoms with Crippen molar-refractivity contribution < 1.29 is 10.4 Å². The van der Waals surface area contributed by atoms with Gasteiger partial charge in [-0.25, -0.2) is 5.48 Å². The van der Waals surface area contributed by atoms with Crippen molar-refractivity contribution >= 4 is 0 Å². The Hall–Kier alpha value is -0.160. The van der Waals surface area contributed by atoms with Gasteiger partial charge in [0.05, 0.1) is 11.6 Å². The van der Waals surface area contributed by atoms with Gasteiger partial charge in [-0.3, -0.25) is 0 Å². The predicted octanol–water partition coefficient (Wildman–Crippen LogP) is 0.501. The van der Waals surface area contributed by atoms with Crippen LogP contribution < -0.4 is 11.0 Å². The standard InChI is InChI=1S/C6H16N2O2/c1-4-5(7-9)6(2,3)8-10/h5,7-10H,4H2,1-3H3/t5-/m0/s1. The van der Waals surface area contributed by atoms with Crippen molar-refractivity contribution in [1.29, 1.82) is 0 Å². The van der Waals surface area contributed by atoms with Gasteiger partial charge < -0.3 is 10.4 Å². The molecule has 0 fully saturated rings. The first-order valence-electron chi connectivity index (χ1n) is 3.39. The zero-order valence-electron chi connectivity index (χ0n) is 6.68. The highest BCUT2D eigenvalue weighted by Crippen LogP contribution is 2.10. The maximum absolute atomic E-state index is 8.63. The van der Waals surface area contributed by atoms with Gasteiger partial charge in [0.25, 0.3) is 0 Å². The summed E-state index contributed by atoms with van der Waals surface area (Å²) in [5, 5.41) is 17.2. The minimum Gasteiger partial charge on any atom is -0.316 e. The molecule has 62 valence electrons. The lowest BCUT2D eigenvalue weighted by molar-refractivity contribution is 0.0101. The summed E-state index contributed by atoms with van der Waals surface area (Å²) >= 11 is 0. The van der Waals surface area contributed by atoms with Crippen LogP contribution in [-0.2, 0) is 0 Å². The Labute approximate surface area is 61.2 Å². The SMILES string of the molecule is CC[C@H](NO)C(C)(C)NO. The first-order chi connectivity index (χ1) is 4.58. The molecule has 4 heteroatoms. The summed E-state index contributed by atoms with van der Waals surface area (Å²) in [6.07, 6.45) is 0.747. The van der Waals surface area contributed by atoms with Crippen molar-refractivity contribution in [3.05, 3.63) is 0 Å². The first-order valence-corrected chi connectivity index (χ1v) is 3.39. The molecule has 0 heterocycles. The summed E-state index contributed by atoms with van der Waals surface area (Å²) in [6.45, 7) is 5.52. The van der Waals surface area contributed by atoms with E-state index in [1.165, 1.54) is 0 Å². The van der Waals surface area contributed by atoms with E-state index < -0.39 is 5.54 Å². The van der Waals surface area contributed by atoms with Crippen molar-refractivity contribution in [3.8, 4) is 0 Å². The average molecular weight is 148 g/mol. The first kappa shape index (κ1) is 9.84. The van der Waals surface area contributed by atoms with Crippen molar-refractivity contribution in [3.63, 3.8) is 0 Å². The highest BCUT2D eigenvalue weighted by atomic mass is 16.5. The molecule has 0 rings (SSSR count). The fourth-order valence-corrected chi connectivity index (χ4v) is 0.841. The van der Waals surface area contributed by atoms with Gasteiger partial charge in [-0.1, -0.05) is 6.92 Å². The van der Waals surface area contributed by atoms with Gasteiger partial charge in [-0.2, -0.15) is 5.48 Å². The third kappa shape index (κ3) is 2.22. The van der Waals surface area contributed by atoms with Crippen molar-refractivity contribution in [2.24, 2.45) is 0 Å². The Kier molecular flexibility index (Phi) is 3.81. The molecule has 0 unspecified atom stereocenters. The van der Waals surface area contributed by atoms with Gasteiger partial charge in [0.1, 0.15) is 0 Å². The molecular formula is C6H16N2O2. The molecule has 4 N–H and O–H groups in total. The van der Waals surface area contributed by atoms with Crippen molar-refractivity contribution in [2.45, 2.75) is 38.8 Å². The lowest BCUT2D eigenvalue weighted by Gasteiger charge is -2.30. The summed E-state index contributed by atoms with van der Waals surface area (Å²) in [4.78, 5) is 0. The van der Waals surface area contributed by atoms with Crippen LogP contribution in [0.5, 0.6) is 0 Å². The second-order valence-electron chi connectivity index (χ2n) is 2.92. The molecule has 0 aromatic rings. The zero-order valence-corrected chi connectivity index (χ0v) is 6.68. The third-order valence-electron chi connectivity index (χ3n) is 1.72. The normalized spacial score (nSPS) is 15.3. The van der Waals surface area contributed by atoms with Crippen molar-refractivity contribution in [2.75, 3.05) is 0 Å². The van der Waals surface area contributed by atoms with Gasteiger partial charge in [-0.15, -0.1) is 0 Å². The molecule has 0 aromatic carbocycles. The van der Waals surface area contributed by atoms with Crippen LogP contribution in [0.25, 0.3) is 0 Å². The average Bonchev–Trinajstić information content (AvgIpc) is 1.90. The van der Waals surface area contributed by atoms with Crippen LogP contribution >= 0.6 is 0 Å². The van der Waals surface area contributed by atoms with Gasteiger partial charge in [0.15, 0.2) is 0 Å². The lowest BCUT2D eigenvalue weighted by Crippen LogP contribution is -2.53. The maximum atomic E-state index is 8.63. The fourth-order valence-electron chi connectivity index (χ4n) is 0.841. The van der Waals surface area contributed by atoms with Gasteiger partial charge in [0, 0.05) is 0 Å². The van der Waals surface area contributed by atoms with E-state index in [1.54, 1.807) is 13.8 Å². The van der Waals surface area contributed by atoms with Crippen LogP contribution in [0.4, 0.5) is 0 Å². The van der Waals surface area contributed by atoms with E-state index in [4.69, 9.17) is 10.4 Å². The minimum atomic E-state index is -0.497. The molecule has 1 atom stereocenters. The van der Waals surface area contributed by atoms with Gasteiger partial charge in [-0.05, 0) is 20.3 Å². The highest BCUT2D eigenvalue weighted by Gasteiger charge is 2.26. The molecule has 0 amide bonds. The number of hydrogen-bond acceptors (Lipinski definition) is 4. The molecular weight excluding hydrogens is 132 g/mol. The molecule has 10 heavy (non-hydrogen) atoms. The summed E-state index contributed by atoms with van der Waals surface area (Å²) < 4.78 is 0. The smallest absolute Gasteiger partial charge is 0.0549 e. The van der Waals surface area contributed by atoms with Crippen LogP contribution in [0, 0.1) is 0 Å². The van der Waals surface area contributed by atoms with Gasteiger partial charge in [0.2, 0.25) is 0 Å². The Balaban J connectivity index is 3.97. The largest absolute Gasteiger partial charge is 0.316 e. The summed E-state index contributed by atoms with van der Waals surface area (Å²) in [6, 6.07) is -0.141. The second kappa shape index (κ2) is 3.88. The molecule has 0 saturated heterocycles. The molecule has 0 aromatic heterocycles. The molecule has 0 saturated carbocycles. The van der Waals surface area contributed by atoms with E-state index in [1.807, 2.05) is 6.92 Å². The van der Waals surface area contributed by atoms with E-state index >= 15 is 0 Å². The summed E-state index contributed by atoms with van der Waals surface area (Å²) in [5.74, 6) is 0. The zero-order chi connectivity index (χ0) is 8.20. The highest BCUT2D eigenvalue weighted by molar-refractivity contribution is 4.85. The molecule has 0 spiro atoms. The molecule has 4 nitrogen and oxygen atoms in total. The molecule has 0 aliphatic rings. The van der Waals surface area contributed by atoms with Crippen LogP contribution in [0.1, 0.15) is 27.2 Å². The Morgan fingerprint density at radius 1 is 1.40 bits per heavy atom. The van der Waals surface area contributed by atoms with E-state index in [0.717, 1.165) is 6.42 Å². The van der Waals surface area contributed by atoms with Crippen LogP contribution in [0.2, 0.25) is 0 Å². The Bertz CT molecular complexity index is 91.7. The number of hydroxylamine groups is 2. The lowest BCUT2D eigenvalue weighted by atomic mass is 9.94. The van der Waals surface area contributed by atoms with Gasteiger partial charge >= 0.3 is 0 Å². The van der Waals surface area contributed by atoms with Crippen LogP contribution in [0.3, 0.4) is 0 Å². The molecule has 0 aliphatic carbocycles. The third-order valence-corrected chi connectivity index (χ3v) is 1.72. The maximum Gasteiger partial charge on any atom is 0.0549 e.